The van der Waals surface area contributed by atoms with Gasteiger partial charge in [-0.1, -0.05) is 29.5 Å². The zero-order valence-electron chi connectivity index (χ0n) is 16.6. The van der Waals surface area contributed by atoms with E-state index in [-0.39, 0.29) is 28.6 Å². The largest absolute Gasteiger partial charge is 0.325 e. The normalized spacial score (nSPS) is 19.5. The highest BCUT2D eigenvalue weighted by Gasteiger charge is 2.29. The number of rotatable bonds is 6. The number of carbonyl (C=O) groups excluding carboxylic acids is 1. The summed E-state index contributed by atoms with van der Waals surface area (Å²) in [4.78, 5) is 12.6. The summed E-state index contributed by atoms with van der Waals surface area (Å²) in [5.74, 6) is 1.23. The molecule has 0 unspecified atom stereocenters. The molecule has 1 saturated heterocycles. The van der Waals surface area contributed by atoms with Gasteiger partial charge in [0.1, 0.15) is 5.82 Å². The molecular weight excluding hydrogens is 396 g/mol. The van der Waals surface area contributed by atoms with Gasteiger partial charge in [0, 0.05) is 19.2 Å². The van der Waals surface area contributed by atoms with Crippen LogP contribution in [-0.4, -0.2) is 45.8 Å². The van der Waals surface area contributed by atoms with E-state index >= 15 is 0 Å². The number of benzene rings is 1. The molecule has 0 aliphatic carbocycles. The Morgan fingerprint density at radius 1 is 1.36 bits per heavy atom. The van der Waals surface area contributed by atoms with Crippen LogP contribution in [0.4, 0.5) is 5.69 Å². The molecule has 152 valence electrons. The van der Waals surface area contributed by atoms with E-state index in [2.05, 4.69) is 15.5 Å². The molecule has 1 amide bonds. The maximum absolute atomic E-state index is 12.6. The van der Waals surface area contributed by atoms with Crippen molar-refractivity contribution >= 4 is 33.2 Å². The maximum atomic E-state index is 12.6. The van der Waals surface area contributed by atoms with E-state index in [0.717, 1.165) is 22.6 Å². The summed E-state index contributed by atoms with van der Waals surface area (Å²) >= 11 is 1.34. The molecule has 1 aromatic carbocycles. The molecule has 0 saturated carbocycles. The van der Waals surface area contributed by atoms with Crippen molar-refractivity contribution < 1.29 is 13.2 Å². The topological polar surface area (TPSA) is 94.0 Å². The Labute approximate surface area is 170 Å². The second-order valence-corrected chi connectivity index (χ2v) is 11.0. The van der Waals surface area contributed by atoms with E-state index in [9.17, 15) is 13.2 Å². The average Bonchev–Trinajstić information content (AvgIpc) is 3.13. The number of aryl methyl sites for hydroxylation is 2. The van der Waals surface area contributed by atoms with Crippen molar-refractivity contribution in [2.45, 2.75) is 44.0 Å². The van der Waals surface area contributed by atoms with Crippen LogP contribution in [0.3, 0.4) is 0 Å². The first-order valence-corrected chi connectivity index (χ1v) is 12.0. The minimum atomic E-state index is -2.90. The van der Waals surface area contributed by atoms with Crippen LogP contribution in [0.15, 0.2) is 23.4 Å². The lowest BCUT2D eigenvalue weighted by molar-refractivity contribution is -0.115. The highest BCUT2D eigenvalue weighted by atomic mass is 32.2. The predicted molar refractivity (Wildman–Crippen MR) is 111 cm³/mol. The third-order valence-corrected chi connectivity index (χ3v) is 7.99. The Morgan fingerprint density at radius 3 is 2.75 bits per heavy atom. The third kappa shape index (κ3) is 4.94. The van der Waals surface area contributed by atoms with Gasteiger partial charge in [0.15, 0.2) is 15.0 Å². The molecule has 1 fully saturated rings. The summed E-state index contributed by atoms with van der Waals surface area (Å²) in [6.45, 7) is 5.82. The van der Waals surface area contributed by atoms with Gasteiger partial charge in [-0.15, -0.1) is 10.2 Å². The second kappa shape index (κ2) is 8.24. The second-order valence-electron chi connectivity index (χ2n) is 7.50. The molecule has 0 spiro atoms. The fourth-order valence-corrected chi connectivity index (χ4v) is 6.01. The molecule has 1 aliphatic heterocycles. The Balaban J connectivity index is 1.61. The molecule has 2 aromatic rings. The maximum Gasteiger partial charge on any atom is 0.237 e. The molecule has 28 heavy (non-hydrogen) atoms. The summed E-state index contributed by atoms with van der Waals surface area (Å²) in [6.07, 6.45) is 1.26. The van der Waals surface area contributed by atoms with Crippen LogP contribution >= 0.6 is 11.8 Å². The van der Waals surface area contributed by atoms with E-state index in [4.69, 9.17) is 0 Å². The van der Waals surface area contributed by atoms with Gasteiger partial charge in [0.05, 0.1) is 16.8 Å². The van der Waals surface area contributed by atoms with E-state index in [1.807, 2.05) is 50.6 Å². The van der Waals surface area contributed by atoms with Crippen LogP contribution in [0.25, 0.3) is 0 Å². The van der Waals surface area contributed by atoms with Gasteiger partial charge in [-0.05, 0) is 44.7 Å². The molecule has 2 atom stereocenters. The van der Waals surface area contributed by atoms with Gasteiger partial charge in [0.25, 0.3) is 0 Å². The summed E-state index contributed by atoms with van der Waals surface area (Å²) in [5.41, 5.74) is 2.99. The summed E-state index contributed by atoms with van der Waals surface area (Å²) < 4.78 is 25.1. The molecular formula is C19H26N4O3S2. The lowest BCUT2D eigenvalue weighted by atomic mass is 10.1. The Kier molecular flexibility index (Phi) is 6.14. The molecule has 0 radical (unpaired) electrons. The number of nitrogens with zero attached hydrogens (tertiary/aromatic N) is 3. The quantitative estimate of drug-likeness (QED) is 0.719. The molecule has 9 heteroatoms. The molecule has 1 aromatic heterocycles. The zero-order valence-corrected chi connectivity index (χ0v) is 18.2. The Hall–Kier alpha value is -1.87. The molecule has 2 heterocycles. The zero-order chi connectivity index (χ0) is 20.5. The average molecular weight is 423 g/mol. The number of hydrogen-bond donors (Lipinski definition) is 1. The van der Waals surface area contributed by atoms with Crippen LogP contribution in [0.5, 0.6) is 0 Å². The van der Waals surface area contributed by atoms with Crippen LogP contribution in [0.2, 0.25) is 0 Å². The molecule has 0 bridgehead atoms. The monoisotopic (exact) mass is 422 g/mol. The minimum absolute atomic E-state index is 0.0935. The highest BCUT2D eigenvalue weighted by molar-refractivity contribution is 8.00. The number of aromatic nitrogens is 3. The van der Waals surface area contributed by atoms with E-state index in [1.54, 1.807) is 0 Å². The van der Waals surface area contributed by atoms with Crippen molar-refractivity contribution in [2.24, 2.45) is 13.0 Å². The van der Waals surface area contributed by atoms with Gasteiger partial charge in [0.2, 0.25) is 5.91 Å². The van der Waals surface area contributed by atoms with Crippen LogP contribution in [-0.2, 0) is 28.1 Å². The summed E-state index contributed by atoms with van der Waals surface area (Å²) in [6, 6.07) is 5.92. The van der Waals surface area contributed by atoms with Crippen LogP contribution < -0.4 is 5.32 Å². The van der Waals surface area contributed by atoms with Gasteiger partial charge in [-0.2, -0.15) is 0 Å². The minimum Gasteiger partial charge on any atom is -0.325 e. The van der Waals surface area contributed by atoms with Gasteiger partial charge >= 0.3 is 0 Å². The summed E-state index contributed by atoms with van der Waals surface area (Å²) in [7, 11) is -1.05. The summed E-state index contributed by atoms with van der Waals surface area (Å²) in [5, 5.41) is 11.7. The van der Waals surface area contributed by atoms with Gasteiger partial charge in [-0.25, -0.2) is 8.42 Å². The SMILES string of the molecule is Cc1ccc(NC(=O)[C@@H](C)Sc2nnc(C[C@H]3CCS(=O)(=O)C3)n2C)c(C)c1. The van der Waals surface area contributed by atoms with Crippen molar-refractivity contribution in [3.8, 4) is 0 Å². The van der Waals surface area contributed by atoms with Crippen LogP contribution in [0.1, 0.15) is 30.3 Å². The molecule has 3 rings (SSSR count). The first-order valence-electron chi connectivity index (χ1n) is 9.28. The molecule has 1 aliphatic rings. The van der Waals surface area contributed by atoms with E-state index in [0.29, 0.717) is 18.0 Å². The lowest BCUT2D eigenvalue weighted by Crippen LogP contribution is -2.23. The standard InChI is InChI=1S/C19H26N4O3S2/c1-12-5-6-16(13(2)9-12)20-18(24)14(3)27-19-22-21-17(23(19)4)10-15-7-8-28(25,26)11-15/h5-6,9,14-15H,7-8,10-11H2,1-4H3,(H,20,24)/t14-,15-/m1/s1. The van der Waals surface area contributed by atoms with E-state index in [1.165, 1.54) is 11.8 Å². The van der Waals surface area contributed by atoms with Gasteiger partial charge in [-0.3, -0.25) is 4.79 Å². The van der Waals surface area contributed by atoms with Crippen molar-refractivity contribution in [1.29, 1.82) is 0 Å². The highest BCUT2D eigenvalue weighted by Crippen LogP contribution is 2.26. The molecule has 1 N–H and O–H groups in total. The fraction of sp³-hybridized carbons (Fsp3) is 0.526. The van der Waals surface area contributed by atoms with Crippen LogP contribution in [0, 0.1) is 19.8 Å². The number of thioether (sulfide) groups is 1. The molecule has 7 nitrogen and oxygen atoms in total. The number of sulfone groups is 1. The third-order valence-electron chi connectivity index (χ3n) is 5.01. The van der Waals surface area contributed by atoms with Crippen molar-refractivity contribution in [3.05, 3.63) is 35.2 Å². The smallest absolute Gasteiger partial charge is 0.237 e. The first kappa shape index (κ1) is 20.9. The number of carbonyl (C=O) groups is 1. The van der Waals surface area contributed by atoms with Crippen molar-refractivity contribution in [3.63, 3.8) is 0 Å². The first-order chi connectivity index (χ1) is 13.1. The fourth-order valence-electron chi connectivity index (χ4n) is 3.32. The predicted octanol–water partition coefficient (Wildman–Crippen LogP) is 2.53. The lowest BCUT2D eigenvalue weighted by Gasteiger charge is -2.14. The number of anilines is 1. The van der Waals surface area contributed by atoms with Crippen molar-refractivity contribution in [2.75, 3.05) is 16.8 Å². The van der Waals surface area contributed by atoms with Gasteiger partial charge < -0.3 is 9.88 Å². The van der Waals surface area contributed by atoms with E-state index < -0.39 is 9.84 Å². The number of nitrogens with one attached hydrogen (secondary N) is 1. The number of hydrogen-bond acceptors (Lipinski definition) is 6. The Morgan fingerprint density at radius 2 is 2.11 bits per heavy atom. The Bertz CT molecular complexity index is 985. The number of amides is 1. The van der Waals surface area contributed by atoms with Crippen molar-refractivity contribution in [1.82, 2.24) is 14.8 Å².